The Morgan fingerprint density at radius 2 is 2.24 bits per heavy atom. The quantitative estimate of drug-likeness (QED) is 0.755. The van der Waals surface area contributed by atoms with Gasteiger partial charge in [0.2, 0.25) is 0 Å². The molecule has 3 rings (SSSR count). The van der Waals surface area contributed by atoms with Crippen molar-refractivity contribution in [1.82, 2.24) is 4.57 Å². The predicted molar refractivity (Wildman–Crippen MR) is 66.6 cm³/mol. The molecule has 1 aromatic carbocycles. The van der Waals surface area contributed by atoms with Gasteiger partial charge >= 0.3 is 0 Å². The maximum absolute atomic E-state index is 11.1. The molecule has 0 spiro atoms. The second kappa shape index (κ2) is 3.91. The molecular formula is C14H15NO2. The third kappa shape index (κ3) is 1.82. The van der Waals surface area contributed by atoms with Crippen molar-refractivity contribution in [2.75, 3.05) is 7.11 Å². The molecule has 1 fully saturated rings. The highest BCUT2D eigenvalue weighted by Crippen LogP contribution is 2.33. The number of aldehydes is 1. The van der Waals surface area contributed by atoms with Gasteiger partial charge in [0, 0.05) is 17.4 Å². The zero-order valence-electron chi connectivity index (χ0n) is 9.85. The smallest absolute Gasteiger partial charge is 0.166 e. The van der Waals surface area contributed by atoms with E-state index in [1.54, 1.807) is 7.11 Å². The molecule has 0 bridgehead atoms. The van der Waals surface area contributed by atoms with Crippen molar-refractivity contribution in [3.8, 4) is 5.75 Å². The summed E-state index contributed by atoms with van der Waals surface area (Å²) in [7, 11) is 1.66. The first kappa shape index (κ1) is 10.4. The summed E-state index contributed by atoms with van der Waals surface area (Å²) in [4.78, 5) is 11.1. The van der Waals surface area contributed by atoms with Crippen molar-refractivity contribution in [2.45, 2.75) is 19.4 Å². The monoisotopic (exact) mass is 229 g/mol. The summed E-state index contributed by atoms with van der Waals surface area (Å²) in [5.41, 5.74) is 1.89. The number of hydrogen-bond acceptors (Lipinski definition) is 2. The summed E-state index contributed by atoms with van der Waals surface area (Å²) in [6.07, 6.45) is 3.51. The number of ether oxygens (including phenoxy) is 1. The SMILES string of the molecule is COc1ccc2c(c1)cc(C=O)n2CC1CC1. The predicted octanol–water partition coefficient (Wildman–Crippen LogP) is 2.87. The number of rotatable bonds is 4. The van der Waals surface area contributed by atoms with E-state index in [-0.39, 0.29) is 0 Å². The highest BCUT2D eigenvalue weighted by molar-refractivity contribution is 5.89. The van der Waals surface area contributed by atoms with Crippen LogP contribution in [0.3, 0.4) is 0 Å². The Labute approximate surface area is 100.0 Å². The number of carbonyl (C=O) groups is 1. The fourth-order valence-corrected chi connectivity index (χ4v) is 2.26. The second-order valence-corrected chi connectivity index (χ2v) is 4.67. The molecule has 2 aromatic rings. The third-order valence-corrected chi connectivity index (χ3v) is 3.40. The Morgan fingerprint density at radius 3 is 2.88 bits per heavy atom. The Balaban J connectivity index is 2.12. The topological polar surface area (TPSA) is 31.2 Å². The van der Waals surface area contributed by atoms with Crippen LogP contribution in [0.4, 0.5) is 0 Å². The summed E-state index contributed by atoms with van der Waals surface area (Å²) >= 11 is 0. The summed E-state index contributed by atoms with van der Waals surface area (Å²) in [6.45, 7) is 0.962. The Hall–Kier alpha value is -1.77. The van der Waals surface area contributed by atoms with Crippen LogP contribution in [0.2, 0.25) is 0 Å². The number of methoxy groups -OCH3 is 1. The fraction of sp³-hybridized carbons (Fsp3) is 0.357. The number of nitrogens with zero attached hydrogens (tertiary/aromatic N) is 1. The van der Waals surface area contributed by atoms with Gasteiger partial charge in [-0.3, -0.25) is 4.79 Å². The summed E-state index contributed by atoms with van der Waals surface area (Å²) in [6, 6.07) is 7.89. The molecule has 3 nitrogen and oxygen atoms in total. The molecular weight excluding hydrogens is 214 g/mol. The number of carbonyl (C=O) groups excluding carboxylic acids is 1. The van der Waals surface area contributed by atoms with E-state index < -0.39 is 0 Å². The number of aromatic nitrogens is 1. The highest BCUT2D eigenvalue weighted by Gasteiger charge is 2.23. The third-order valence-electron chi connectivity index (χ3n) is 3.40. The van der Waals surface area contributed by atoms with E-state index >= 15 is 0 Å². The lowest BCUT2D eigenvalue weighted by molar-refractivity contribution is 0.111. The molecule has 1 aliphatic carbocycles. The molecule has 0 unspecified atom stereocenters. The highest BCUT2D eigenvalue weighted by atomic mass is 16.5. The Morgan fingerprint density at radius 1 is 1.41 bits per heavy atom. The van der Waals surface area contributed by atoms with Crippen molar-refractivity contribution < 1.29 is 9.53 Å². The molecule has 1 heterocycles. The van der Waals surface area contributed by atoms with E-state index in [0.717, 1.165) is 41.1 Å². The molecule has 17 heavy (non-hydrogen) atoms. The van der Waals surface area contributed by atoms with Gasteiger partial charge in [-0.05, 0) is 43.0 Å². The van der Waals surface area contributed by atoms with Crippen molar-refractivity contribution in [2.24, 2.45) is 5.92 Å². The number of fused-ring (bicyclic) bond motifs is 1. The number of benzene rings is 1. The van der Waals surface area contributed by atoms with Gasteiger partial charge in [-0.2, -0.15) is 0 Å². The largest absolute Gasteiger partial charge is 0.497 e. The average Bonchev–Trinajstić information content (AvgIpc) is 3.10. The molecule has 1 aliphatic rings. The van der Waals surface area contributed by atoms with Crippen LogP contribution in [-0.2, 0) is 6.54 Å². The van der Waals surface area contributed by atoms with E-state index in [0.29, 0.717) is 0 Å². The summed E-state index contributed by atoms with van der Waals surface area (Å²) in [5, 5.41) is 1.08. The molecule has 0 N–H and O–H groups in total. The van der Waals surface area contributed by atoms with Crippen molar-refractivity contribution >= 4 is 17.2 Å². The van der Waals surface area contributed by atoms with Crippen LogP contribution in [-0.4, -0.2) is 18.0 Å². The summed E-state index contributed by atoms with van der Waals surface area (Å²) in [5.74, 6) is 1.59. The first-order chi connectivity index (χ1) is 8.31. The molecule has 0 aliphatic heterocycles. The minimum absolute atomic E-state index is 0.756. The molecule has 3 heteroatoms. The van der Waals surface area contributed by atoms with Crippen molar-refractivity contribution in [3.63, 3.8) is 0 Å². The van der Waals surface area contributed by atoms with E-state index in [9.17, 15) is 4.79 Å². The van der Waals surface area contributed by atoms with E-state index in [1.165, 1.54) is 12.8 Å². The van der Waals surface area contributed by atoms with Crippen LogP contribution in [0.15, 0.2) is 24.3 Å². The second-order valence-electron chi connectivity index (χ2n) is 4.67. The Bertz CT molecular complexity index is 567. The van der Waals surface area contributed by atoms with Gasteiger partial charge in [0.25, 0.3) is 0 Å². The minimum Gasteiger partial charge on any atom is -0.497 e. The zero-order valence-corrected chi connectivity index (χ0v) is 9.85. The van der Waals surface area contributed by atoms with Crippen LogP contribution >= 0.6 is 0 Å². The van der Waals surface area contributed by atoms with Gasteiger partial charge in [-0.15, -0.1) is 0 Å². The molecule has 1 aromatic heterocycles. The molecule has 1 saturated carbocycles. The Kier molecular flexibility index (Phi) is 2.39. The van der Waals surface area contributed by atoms with Gasteiger partial charge in [-0.1, -0.05) is 0 Å². The lowest BCUT2D eigenvalue weighted by atomic mass is 10.2. The minimum atomic E-state index is 0.756. The molecule has 0 radical (unpaired) electrons. The number of hydrogen-bond donors (Lipinski definition) is 0. The molecule has 0 amide bonds. The van der Waals surface area contributed by atoms with Gasteiger partial charge in [0.15, 0.2) is 6.29 Å². The lowest BCUT2D eigenvalue weighted by Gasteiger charge is -2.06. The fourth-order valence-electron chi connectivity index (χ4n) is 2.26. The van der Waals surface area contributed by atoms with Gasteiger partial charge < -0.3 is 9.30 Å². The van der Waals surface area contributed by atoms with Gasteiger partial charge in [0.05, 0.1) is 12.8 Å². The van der Waals surface area contributed by atoms with E-state index in [2.05, 4.69) is 4.57 Å². The van der Waals surface area contributed by atoms with Crippen LogP contribution in [0.1, 0.15) is 23.3 Å². The zero-order chi connectivity index (χ0) is 11.8. The maximum atomic E-state index is 11.1. The molecule has 0 atom stereocenters. The molecule has 88 valence electrons. The first-order valence-corrected chi connectivity index (χ1v) is 5.94. The first-order valence-electron chi connectivity index (χ1n) is 5.94. The van der Waals surface area contributed by atoms with Crippen LogP contribution < -0.4 is 4.74 Å². The van der Waals surface area contributed by atoms with Crippen LogP contribution in [0.25, 0.3) is 10.9 Å². The standard InChI is InChI=1S/C14H15NO2/c1-17-13-4-5-14-11(7-13)6-12(9-16)15(14)8-10-2-3-10/h4-7,9-10H,2-3,8H2,1H3. The van der Waals surface area contributed by atoms with Crippen molar-refractivity contribution in [1.29, 1.82) is 0 Å². The normalized spacial score (nSPS) is 15.1. The summed E-state index contributed by atoms with van der Waals surface area (Å²) < 4.78 is 7.33. The van der Waals surface area contributed by atoms with Crippen LogP contribution in [0.5, 0.6) is 5.75 Å². The average molecular weight is 229 g/mol. The molecule has 0 saturated heterocycles. The van der Waals surface area contributed by atoms with Crippen molar-refractivity contribution in [3.05, 3.63) is 30.0 Å². The maximum Gasteiger partial charge on any atom is 0.166 e. The van der Waals surface area contributed by atoms with E-state index in [4.69, 9.17) is 4.74 Å². The van der Waals surface area contributed by atoms with E-state index in [1.807, 2.05) is 24.3 Å². The van der Waals surface area contributed by atoms with Gasteiger partial charge in [0.1, 0.15) is 5.75 Å². The van der Waals surface area contributed by atoms with Crippen LogP contribution in [0, 0.1) is 5.92 Å². The van der Waals surface area contributed by atoms with Gasteiger partial charge in [-0.25, -0.2) is 0 Å². The lowest BCUT2D eigenvalue weighted by Crippen LogP contribution is -2.03.